The lowest BCUT2D eigenvalue weighted by molar-refractivity contribution is -0.136. The molecule has 2 saturated heterocycles. The van der Waals surface area contributed by atoms with Crippen LogP contribution in [-0.4, -0.2) is 64.7 Å². The number of likely N-dealkylation sites (tertiary alicyclic amines) is 1. The van der Waals surface area contributed by atoms with Gasteiger partial charge in [-0.25, -0.2) is 0 Å². The third-order valence-electron chi connectivity index (χ3n) is 6.01. The van der Waals surface area contributed by atoms with Crippen molar-refractivity contribution in [1.82, 2.24) is 19.9 Å². The van der Waals surface area contributed by atoms with Crippen molar-refractivity contribution in [2.75, 3.05) is 32.8 Å². The molecule has 3 fully saturated rings. The van der Waals surface area contributed by atoms with Crippen molar-refractivity contribution in [1.29, 1.82) is 0 Å². The summed E-state index contributed by atoms with van der Waals surface area (Å²) in [5.74, 6) is 1.95. The Bertz CT molecular complexity index is 591. The standard InChI is InChI=1S/C19H30N4O3/c24-18-8-7-15(13-23(18)16-5-3-1-2-4-6-16)19-20-17(21-26-19)14-22-9-11-25-12-10-22/h15-16H,1-14H2/t15-/m1/s1. The van der Waals surface area contributed by atoms with E-state index >= 15 is 0 Å². The van der Waals surface area contributed by atoms with Gasteiger partial charge in [0.05, 0.1) is 25.7 Å². The number of aromatic nitrogens is 2. The van der Waals surface area contributed by atoms with Crippen LogP contribution in [0.5, 0.6) is 0 Å². The number of piperidine rings is 1. The zero-order chi connectivity index (χ0) is 17.8. The lowest BCUT2D eigenvalue weighted by Crippen LogP contribution is -2.45. The molecule has 0 unspecified atom stereocenters. The molecule has 0 N–H and O–H groups in total. The molecule has 7 heteroatoms. The number of hydrogen-bond donors (Lipinski definition) is 0. The monoisotopic (exact) mass is 362 g/mol. The van der Waals surface area contributed by atoms with Crippen molar-refractivity contribution in [3.05, 3.63) is 11.7 Å². The molecule has 4 rings (SSSR count). The van der Waals surface area contributed by atoms with E-state index in [1.165, 1.54) is 25.7 Å². The third-order valence-corrected chi connectivity index (χ3v) is 6.01. The Morgan fingerprint density at radius 2 is 1.81 bits per heavy atom. The molecule has 0 bridgehead atoms. The Morgan fingerprint density at radius 1 is 1.04 bits per heavy atom. The summed E-state index contributed by atoms with van der Waals surface area (Å²) in [7, 11) is 0. The highest BCUT2D eigenvalue weighted by Gasteiger charge is 2.34. The quantitative estimate of drug-likeness (QED) is 0.766. The van der Waals surface area contributed by atoms with Crippen LogP contribution >= 0.6 is 0 Å². The van der Waals surface area contributed by atoms with Gasteiger partial charge in [0.15, 0.2) is 5.82 Å². The molecule has 1 aromatic rings. The summed E-state index contributed by atoms with van der Waals surface area (Å²) in [6.45, 7) is 4.82. The highest BCUT2D eigenvalue weighted by molar-refractivity contribution is 5.77. The first kappa shape index (κ1) is 17.9. The van der Waals surface area contributed by atoms with Gasteiger partial charge in [-0.3, -0.25) is 9.69 Å². The normalized spacial score (nSPS) is 26.8. The smallest absolute Gasteiger partial charge is 0.231 e. The van der Waals surface area contributed by atoms with E-state index in [1.54, 1.807) is 0 Å². The molecular formula is C19H30N4O3. The Kier molecular flexibility index (Phi) is 5.84. The van der Waals surface area contributed by atoms with E-state index in [0.717, 1.165) is 57.9 Å². The lowest BCUT2D eigenvalue weighted by Gasteiger charge is -2.37. The van der Waals surface area contributed by atoms with Gasteiger partial charge in [0.2, 0.25) is 11.8 Å². The second kappa shape index (κ2) is 8.48. The van der Waals surface area contributed by atoms with Crippen LogP contribution in [0.3, 0.4) is 0 Å². The van der Waals surface area contributed by atoms with E-state index < -0.39 is 0 Å². The fourth-order valence-electron chi connectivity index (χ4n) is 4.45. The molecule has 1 aliphatic carbocycles. The van der Waals surface area contributed by atoms with Crippen LogP contribution in [0.4, 0.5) is 0 Å². The van der Waals surface area contributed by atoms with Crippen LogP contribution in [0.15, 0.2) is 4.52 Å². The van der Waals surface area contributed by atoms with Crippen LogP contribution in [-0.2, 0) is 16.1 Å². The Morgan fingerprint density at radius 3 is 2.58 bits per heavy atom. The number of carbonyl (C=O) groups excluding carboxylic acids is 1. The van der Waals surface area contributed by atoms with Gasteiger partial charge < -0.3 is 14.2 Å². The van der Waals surface area contributed by atoms with E-state index in [1.807, 2.05) is 0 Å². The highest BCUT2D eigenvalue weighted by atomic mass is 16.5. The Labute approximate surface area is 155 Å². The molecule has 3 heterocycles. The van der Waals surface area contributed by atoms with Crippen LogP contribution in [0, 0.1) is 0 Å². The number of nitrogens with zero attached hydrogens (tertiary/aromatic N) is 4. The predicted octanol–water partition coefficient (Wildman–Crippen LogP) is 2.33. The second-order valence-corrected chi connectivity index (χ2v) is 7.86. The summed E-state index contributed by atoms with van der Waals surface area (Å²) in [4.78, 5) is 21.6. The number of amides is 1. The number of carbonyl (C=O) groups is 1. The fraction of sp³-hybridized carbons (Fsp3) is 0.842. The summed E-state index contributed by atoms with van der Waals surface area (Å²) in [5.41, 5.74) is 0. The largest absolute Gasteiger partial charge is 0.379 e. The molecular weight excluding hydrogens is 332 g/mol. The van der Waals surface area contributed by atoms with Crippen molar-refractivity contribution in [2.45, 2.75) is 69.9 Å². The van der Waals surface area contributed by atoms with Crippen LogP contribution < -0.4 is 0 Å². The summed E-state index contributed by atoms with van der Waals surface area (Å²) >= 11 is 0. The Hall–Kier alpha value is -1.47. The first-order valence-electron chi connectivity index (χ1n) is 10.2. The van der Waals surface area contributed by atoms with E-state index in [0.29, 0.717) is 30.8 Å². The first-order valence-corrected chi connectivity index (χ1v) is 10.2. The minimum Gasteiger partial charge on any atom is -0.379 e. The van der Waals surface area contributed by atoms with E-state index in [9.17, 15) is 4.79 Å². The van der Waals surface area contributed by atoms with Gasteiger partial charge in [0, 0.05) is 32.1 Å². The minimum absolute atomic E-state index is 0.182. The molecule has 1 aromatic heterocycles. The third kappa shape index (κ3) is 4.26. The van der Waals surface area contributed by atoms with Crippen molar-refractivity contribution in [3.63, 3.8) is 0 Å². The number of morpholine rings is 1. The number of ether oxygens (including phenoxy) is 1. The minimum atomic E-state index is 0.182. The summed E-state index contributed by atoms with van der Waals surface area (Å²) in [5, 5.41) is 4.19. The van der Waals surface area contributed by atoms with Gasteiger partial charge in [0.1, 0.15) is 0 Å². The average molecular weight is 362 g/mol. The topological polar surface area (TPSA) is 71.7 Å². The SMILES string of the molecule is O=C1CC[C@@H](c2nc(CN3CCOCC3)no2)CN1C1CCCCCC1. The summed E-state index contributed by atoms with van der Waals surface area (Å²) in [6.07, 6.45) is 8.79. The van der Waals surface area contributed by atoms with E-state index in [4.69, 9.17) is 9.26 Å². The van der Waals surface area contributed by atoms with Crippen LogP contribution in [0.2, 0.25) is 0 Å². The van der Waals surface area contributed by atoms with Gasteiger partial charge in [0.25, 0.3) is 0 Å². The molecule has 26 heavy (non-hydrogen) atoms. The van der Waals surface area contributed by atoms with Crippen molar-refractivity contribution in [3.8, 4) is 0 Å². The van der Waals surface area contributed by atoms with Gasteiger partial charge >= 0.3 is 0 Å². The maximum atomic E-state index is 12.5. The molecule has 3 aliphatic rings. The maximum absolute atomic E-state index is 12.5. The fourth-order valence-corrected chi connectivity index (χ4v) is 4.45. The molecule has 1 amide bonds. The lowest BCUT2D eigenvalue weighted by atomic mass is 9.94. The number of rotatable bonds is 4. The molecule has 1 atom stereocenters. The van der Waals surface area contributed by atoms with Gasteiger partial charge in [-0.05, 0) is 19.3 Å². The average Bonchev–Trinajstić information content (AvgIpc) is 2.96. The van der Waals surface area contributed by atoms with E-state index in [2.05, 4.69) is 19.9 Å². The molecule has 7 nitrogen and oxygen atoms in total. The highest BCUT2D eigenvalue weighted by Crippen LogP contribution is 2.31. The van der Waals surface area contributed by atoms with Crippen molar-refractivity contribution in [2.24, 2.45) is 0 Å². The summed E-state index contributed by atoms with van der Waals surface area (Å²) in [6, 6.07) is 0.406. The van der Waals surface area contributed by atoms with Gasteiger partial charge in [-0.2, -0.15) is 4.98 Å². The molecule has 0 spiro atoms. The maximum Gasteiger partial charge on any atom is 0.231 e. The second-order valence-electron chi connectivity index (χ2n) is 7.86. The zero-order valence-electron chi connectivity index (χ0n) is 15.6. The zero-order valence-corrected chi connectivity index (χ0v) is 15.6. The van der Waals surface area contributed by atoms with Crippen LogP contribution in [0.1, 0.15) is 69.0 Å². The molecule has 144 valence electrons. The van der Waals surface area contributed by atoms with Gasteiger partial charge in [-0.1, -0.05) is 30.8 Å². The Balaban J connectivity index is 1.38. The summed E-state index contributed by atoms with van der Waals surface area (Å²) < 4.78 is 11.0. The van der Waals surface area contributed by atoms with Crippen molar-refractivity contribution >= 4 is 5.91 Å². The van der Waals surface area contributed by atoms with Crippen LogP contribution in [0.25, 0.3) is 0 Å². The van der Waals surface area contributed by atoms with Crippen molar-refractivity contribution < 1.29 is 14.1 Å². The number of hydrogen-bond acceptors (Lipinski definition) is 6. The predicted molar refractivity (Wildman–Crippen MR) is 95.6 cm³/mol. The molecule has 0 radical (unpaired) electrons. The molecule has 0 aromatic carbocycles. The van der Waals surface area contributed by atoms with Gasteiger partial charge in [-0.15, -0.1) is 0 Å². The van der Waals surface area contributed by atoms with E-state index in [-0.39, 0.29) is 5.92 Å². The first-order chi connectivity index (χ1) is 12.8. The molecule has 1 saturated carbocycles. The molecule has 2 aliphatic heterocycles.